The van der Waals surface area contributed by atoms with E-state index in [0.29, 0.717) is 0 Å². The van der Waals surface area contributed by atoms with Crippen LogP contribution in [0.3, 0.4) is 0 Å². The van der Waals surface area contributed by atoms with Crippen molar-refractivity contribution in [2.45, 2.75) is 26.3 Å². The number of aliphatic imine (C=N–C) groups is 1. The van der Waals surface area contributed by atoms with Crippen LogP contribution in [0.5, 0.6) is 0 Å². The molecular formula is C55H40N2S. The first-order valence-corrected chi connectivity index (χ1v) is 21.1. The van der Waals surface area contributed by atoms with Crippen molar-refractivity contribution in [3.8, 4) is 33.6 Å². The van der Waals surface area contributed by atoms with E-state index in [1.165, 1.54) is 69.6 Å². The van der Waals surface area contributed by atoms with Gasteiger partial charge in [0.05, 0.1) is 23.1 Å². The van der Waals surface area contributed by atoms with Crippen molar-refractivity contribution in [2.24, 2.45) is 10.9 Å². The molecule has 0 saturated carbocycles. The largest absolute Gasteiger partial charge is 0.276 e. The second-order valence-corrected chi connectivity index (χ2v) is 16.6. The highest BCUT2D eigenvalue weighted by molar-refractivity contribution is 7.26. The Morgan fingerprint density at radius 2 is 1.09 bits per heavy atom. The van der Waals surface area contributed by atoms with Gasteiger partial charge >= 0.3 is 0 Å². The van der Waals surface area contributed by atoms with Crippen LogP contribution in [0.25, 0.3) is 80.9 Å². The fraction of sp³-hybridized carbons (Fsp3) is 0.0909. The van der Waals surface area contributed by atoms with Crippen LogP contribution in [0.15, 0.2) is 193 Å². The van der Waals surface area contributed by atoms with Gasteiger partial charge in [0.2, 0.25) is 0 Å². The molecule has 0 fully saturated rings. The maximum atomic E-state index is 5.58. The first-order valence-electron chi connectivity index (χ1n) is 20.3. The highest BCUT2D eigenvalue weighted by atomic mass is 32.1. The molecule has 8 aromatic carbocycles. The van der Waals surface area contributed by atoms with Gasteiger partial charge in [0.15, 0.2) is 0 Å². The molecule has 3 heterocycles. The van der Waals surface area contributed by atoms with E-state index < -0.39 is 0 Å². The van der Waals surface area contributed by atoms with E-state index >= 15 is 0 Å². The molecule has 1 aliphatic heterocycles. The molecule has 0 radical (unpaired) electrons. The van der Waals surface area contributed by atoms with E-state index in [1.54, 1.807) is 0 Å². The predicted octanol–water partition coefficient (Wildman–Crippen LogP) is 15.2. The zero-order chi connectivity index (χ0) is 38.7. The van der Waals surface area contributed by atoms with Crippen molar-refractivity contribution in [1.29, 1.82) is 0 Å². The summed E-state index contributed by atoms with van der Waals surface area (Å²) in [6.45, 7) is 4.56. The number of pyridine rings is 1. The molecule has 3 heteroatoms. The van der Waals surface area contributed by atoms with Crippen LogP contribution in [-0.4, -0.2) is 10.7 Å². The predicted molar refractivity (Wildman–Crippen MR) is 248 cm³/mol. The highest BCUT2D eigenvalue weighted by Crippen LogP contribution is 2.48. The topological polar surface area (TPSA) is 25.2 Å². The molecule has 10 aromatic rings. The monoisotopic (exact) mass is 760 g/mol. The van der Waals surface area contributed by atoms with Crippen LogP contribution < -0.4 is 0 Å². The molecule has 2 unspecified atom stereocenters. The van der Waals surface area contributed by atoms with E-state index in [2.05, 4.69) is 196 Å². The van der Waals surface area contributed by atoms with Crippen LogP contribution in [0.4, 0.5) is 0 Å². The van der Waals surface area contributed by atoms with Crippen LogP contribution in [0, 0.1) is 5.92 Å². The minimum Gasteiger partial charge on any atom is -0.276 e. The number of allylic oxidation sites excluding steroid dienone is 1. The average Bonchev–Trinajstić information content (AvgIpc) is 3.69. The molecule has 0 amide bonds. The normalized spacial score (nSPS) is 15.9. The summed E-state index contributed by atoms with van der Waals surface area (Å²) < 4.78 is 2.62. The summed E-state index contributed by atoms with van der Waals surface area (Å²) in [5.41, 5.74) is 13.9. The summed E-state index contributed by atoms with van der Waals surface area (Å²) in [6.07, 6.45) is 1.01. The fourth-order valence-corrected chi connectivity index (χ4v) is 10.9. The number of thiophene rings is 1. The van der Waals surface area contributed by atoms with Gasteiger partial charge in [-0.05, 0) is 98.6 Å². The summed E-state index contributed by atoms with van der Waals surface area (Å²) in [6, 6.07) is 66.1. The van der Waals surface area contributed by atoms with Gasteiger partial charge in [-0.25, -0.2) is 4.98 Å². The molecule has 0 aliphatic carbocycles. The lowest BCUT2D eigenvalue weighted by Crippen LogP contribution is -2.23. The lowest BCUT2D eigenvalue weighted by atomic mass is 9.76. The Bertz CT molecular complexity index is 3230. The zero-order valence-corrected chi connectivity index (χ0v) is 33.3. The van der Waals surface area contributed by atoms with E-state index in [-0.39, 0.29) is 12.0 Å². The molecule has 11 rings (SSSR count). The minimum atomic E-state index is 0.0381. The Kier molecular flexibility index (Phi) is 8.37. The molecule has 2 aromatic heterocycles. The van der Waals surface area contributed by atoms with Crippen LogP contribution in [0.2, 0.25) is 0 Å². The Balaban J connectivity index is 0.986. The molecule has 0 saturated heterocycles. The van der Waals surface area contributed by atoms with E-state index in [4.69, 9.17) is 9.98 Å². The fourth-order valence-electron chi connectivity index (χ4n) is 9.59. The number of hydrogen-bond acceptors (Lipinski definition) is 3. The number of benzene rings is 8. The van der Waals surface area contributed by atoms with Crippen molar-refractivity contribution in [2.75, 3.05) is 0 Å². The summed E-state index contributed by atoms with van der Waals surface area (Å²) in [5, 5.41) is 7.98. The lowest BCUT2D eigenvalue weighted by molar-refractivity contribution is 0.517. The lowest BCUT2D eigenvalue weighted by Gasteiger charge is -2.34. The maximum absolute atomic E-state index is 5.58. The third-order valence-electron chi connectivity index (χ3n) is 12.3. The van der Waals surface area contributed by atoms with E-state index in [0.717, 1.165) is 45.8 Å². The first-order chi connectivity index (χ1) is 28.6. The smallest absolute Gasteiger partial charge is 0.0825 e. The molecular weight excluding hydrogens is 721 g/mol. The SMILES string of the molecule is CCC1C(c2ccccc2)=C(C)C(c2cccc(-c3cccc(-c4cccc(-c5ccc6c7ccccc7c7cccc8sc5c6c87)n4)c3)c2)=NC1c1ccccc1. The summed E-state index contributed by atoms with van der Waals surface area (Å²) in [7, 11) is 0. The van der Waals surface area contributed by atoms with Gasteiger partial charge in [-0.15, -0.1) is 11.3 Å². The first kappa shape index (κ1) is 34.6. The summed E-state index contributed by atoms with van der Waals surface area (Å²) >= 11 is 1.88. The van der Waals surface area contributed by atoms with Gasteiger partial charge in [0.25, 0.3) is 0 Å². The second kappa shape index (κ2) is 14.1. The van der Waals surface area contributed by atoms with Crippen molar-refractivity contribution in [3.63, 3.8) is 0 Å². The number of hydrogen-bond donors (Lipinski definition) is 0. The average molecular weight is 761 g/mol. The third-order valence-corrected chi connectivity index (χ3v) is 13.4. The number of aromatic nitrogens is 1. The Hall–Kier alpha value is -6.68. The van der Waals surface area contributed by atoms with Gasteiger partial charge < -0.3 is 0 Å². The maximum Gasteiger partial charge on any atom is 0.0825 e. The summed E-state index contributed by atoms with van der Waals surface area (Å²) in [4.78, 5) is 10.9. The van der Waals surface area contributed by atoms with Crippen molar-refractivity contribution < 1.29 is 0 Å². The molecule has 276 valence electrons. The Morgan fingerprint density at radius 1 is 0.500 bits per heavy atom. The zero-order valence-electron chi connectivity index (χ0n) is 32.5. The van der Waals surface area contributed by atoms with Gasteiger partial charge in [-0.1, -0.05) is 159 Å². The quantitative estimate of drug-likeness (QED) is 0.149. The summed E-state index contributed by atoms with van der Waals surface area (Å²) in [5.74, 6) is 0.288. The molecule has 58 heavy (non-hydrogen) atoms. The van der Waals surface area contributed by atoms with Crippen LogP contribution in [-0.2, 0) is 0 Å². The van der Waals surface area contributed by atoms with Crippen molar-refractivity contribution in [1.82, 2.24) is 4.98 Å². The number of rotatable bonds is 7. The van der Waals surface area contributed by atoms with Gasteiger partial charge in [0, 0.05) is 42.8 Å². The highest BCUT2D eigenvalue weighted by Gasteiger charge is 2.33. The molecule has 2 nitrogen and oxygen atoms in total. The van der Waals surface area contributed by atoms with Gasteiger partial charge in [0.1, 0.15) is 0 Å². The third kappa shape index (κ3) is 5.61. The second-order valence-electron chi connectivity index (χ2n) is 15.5. The molecule has 2 atom stereocenters. The molecule has 1 aliphatic rings. The van der Waals surface area contributed by atoms with Gasteiger partial charge in [-0.2, -0.15) is 0 Å². The Labute approximate surface area is 342 Å². The van der Waals surface area contributed by atoms with E-state index in [1.807, 2.05) is 11.3 Å². The van der Waals surface area contributed by atoms with Crippen LogP contribution in [0.1, 0.15) is 43.0 Å². The standard InChI is InChI=1S/C55H40N2S/c1-3-41-50(35-16-6-4-7-17-35)34(2)53(57-54(41)36-18-8-5-9-19-36)40-23-13-21-38(33-40)37-20-12-22-39(32-37)47-27-15-28-48(56-47)46-31-30-45-43-25-11-10-24-42(43)44-26-14-29-49-51(44)52(45)55(46)58-49/h4-33,41,54H,3H2,1-2H3. The van der Waals surface area contributed by atoms with Crippen LogP contribution >= 0.6 is 11.3 Å². The minimum absolute atomic E-state index is 0.0381. The molecule has 0 spiro atoms. The number of nitrogens with zero attached hydrogens (tertiary/aromatic N) is 2. The number of dihydropyridines is 1. The van der Waals surface area contributed by atoms with Crippen molar-refractivity contribution >= 4 is 64.3 Å². The molecule has 0 bridgehead atoms. The Morgan fingerprint density at radius 3 is 1.84 bits per heavy atom. The molecule has 0 N–H and O–H groups in total. The van der Waals surface area contributed by atoms with E-state index in [9.17, 15) is 0 Å². The van der Waals surface area contributed by atoms with Crippen molar-refractivity contribution in [3.05, 3.63) is 204 Å². The number of fused-ring (bicyclic) bond motifs is 3. The van der Waals surface area contributed by atoms with Gasteiger partial charge in [-0.3, -0.25) is 4.99 Å².